The van der Waals surface area contributed by atoms with Gasteiger partial charge in [0.15, 0.2) is 11.4 Å². The minimum atomic E-state index is -2.16. The summed E-state index contributed by atoms with van der Waals surface area (Å²) in [5.74, 6) is -1.87. The van der Waals surface area contributed by atoms with Crippen LogP contribution in [-0.2, 0) is 16.9 Å². The van der Waals surface area contributed by atoms with Crippen molar-refractivity contribution in [1.82, 2.24) is 0 Å². The number of Topliss-reactive ketones (excluding diaryl/α,β-unsaturated/α-hetero) is 1. The number of carbonyl (C=O) groups is 2. The van der Waals surface area contributed by atoms with E-state index < -0.39 is 34.5 Å². The van der Waals surface area contributed by atoms with Crippen LogP contribution in [0, 0.1) is 15.9 Å². The lowest BCUT2D eigenvalue weighted by atomic mass is 9.88. The van der Waals surface area contributed by atoms with E-state index in [2.05, 4.69) is 0 Å². The van der Waals surface area contributed by atoms with Gasteiger partial charge in [-0.05, 0) is 12.1 Å². The van der Waals surface area contributed by atoms with E-state index in [1.165, 1.54) is 47.4 Å². The predicted molar refractivity (Wildman–Crippen MR) is 110 cm³/mol. The van der Waals surface area contributed by atoms with Crippen molar-refractivity contribution >= 4 is 23.1 Å². The van der Waals surface area contributed by atoms with E-state index in [1.54, 1.807) is 24.3 Å². The van der Waals surface area contributed by atoms with E-state index in [-0.39, 0.29) is 28.9 Å². The lowest BCUT2D eigenvalue weighted by Crippen LogP contribution is -2.41. The topological polar surface area (TPSA) is 101 Å². The van der Waals surface area contributed by atoms with E-state index in [9.17, 15) is 29.2 Å². The Morgan fingerprint density at radius 3 is 2.52 bits per heavy atom. The zero-order valence-corrected chi connectivity index (χ0v) is 16.2. The first-order chi connectivity index (χ1) is 14.8. The van der Waals surface area contributed by atoms with E-state index >= 15 is 0 Å². The fraction of sp³-hybridized carbons (Fsp3) is 0.130. The van der Waals surface area contributed by atoms with Crippen molar-refractivity contribution in [2.24, 2.45) is 0 Å². The Balaban J connectivity index is 1.68. The summed E-state index contributed by atoms with van der Waals surface area (Å²) < 4.78 is 14.2. The molecule has 1 aliphatic heterocycles. The summed E-state index contributed by atoms with van der Waals surface area (Å²) in [6.07, 6.45) is -0.599. The number of anilines is 1. The number of nitro benzene ring substituents is 1. The zero-order valence-electron chi connectivity index (χ0n) is 16.2. The maximum Gasteiger partial charge on any atom is 0.270 e. The normalized spacial score (nSPS) is 17.5. The number of ketones is 1. The molecule has 8 heteroatoms. The third-order valence-electron chi connectivity index (χ3n) is 5.32. The number of halogens is 1. The molecule has 31 heavy (non-hydrogen) atoms. The highest BCUT2D eigenvalue weighted by Gasteiger charge is 2.50. The first-order valence-electron chi connectivity index (χ1n) is 9.46. The number of aliphatic hydroxyl groups is 1. The quantitative estimate of drug-likeness (QED) is 0.372. The summed E-state index contributed by atoms with van der Waals surface area (Å²) in [7, 11) is 0. The molecule has 1 amide bonds. The van der Waals surface area contributed by atoms with Crippen LogP contribution in [-0.4, -0.2) is 21.7 Å². The number of carbonyl (C=O) groups excluding carboxylic acids is 2. The number of hydrogen-bond donors (Lipinski definition) is 1. The van der Waals surface area contributed by atoms with Gasteiger partial charge in [-0.25, -0.2) is 4.39 Å². The highest BCUT2D eigenvalue weighted by molar-refractivity contribution is 6.10. The summed E-state index contributed by atoms with van der Waals surface area (Å²) in [4.78, 5) is 37.7. The van der Waals surface area contributed by atoms with Crippen LogP contribution in [0.15, 0.2) is 72.8 Å². The second-order valence-electron chi connectivity index (χ2n) is 7.27. The molecule has 1 aliphatic rings. The molecule has 7 nitrogen and oxygen atoms in total. The second-order valence-corrected chi connectivity index (χ2v) is 7.27. The Kier molecular flexibility index (Phi) is 5.08. The van der Waals surface area contributed by atoms with Gasteiger partial charge < -0.3 is 10.0 Å². The molecule has 0 aromatic heterocycles. The number of para-hydroxylation sites is 1. The maximum atomic E-state index is 14.2. The Bertz CT molecular complexity index is 1210. The molecule has 1 N–H and O–H groups in total. The van der Waals surface area contributed by atoms with Gasteiger partial charge in [-0.1, -0.05) is 48.5 Å². The Morgan fingerprint density at radius 1 is 1.06 bits per heavy atom. The number of hydrogen-bond acceptors (Lipinski definition) is 5. The summed E-state index contributed by atoms with van der Waals surface area (Å²) in [5, 5.41) is 22.3. The molecular weight excluding hydrogens is 403 g/mol. The molecule has 156 valence electrons. The van der Waals surface area contributed by atoms with E-state index in [0.717, 1.165) is 6.07 Å². The van der Waals surface area contributed by atoms with Crippen LogP contribution < -0.4 is 4.90 Å². The third-order valence-corrected chi connectivity index (χ3v) is 5.32. The molecule has 3 aromatic rings. The number of rotatable bonds is 6. The molecule has 4 rings (SSSR count). The van der Waals surface area contributed by atoms with E-state index in [0.29, 0.717) is 5.69 Å². The molecular formula is C23H17FN2O5. The largest absolute Gasteiger partial charge is 0.375 e. The number of non-ortho nitro benzene ring substituents is 1. The van der Waals surface area contributed by atoms with Gasteiger partial charge in [0.25, 0.3) is 11.6 Å². The van der Waals surface area contributed by atoms with Gasteiger partial charge in [-0.3, -0.25) is 19.7 Å². The molecule has 0 unspecified atom stereocenters. The fourth-order valence-electron chi connectivity index (χ4n) is 3.76. The van der Waals surface area contributed by atoms with E-state index in [1.807, 2.05) is 0 Å². The van der Waals surface area contributed by atoms with Gasteiger partial charge in [0, 0.05) is 28.8 Å². The zero-order chi connectivity index (χ0) is 22.2. The van der Waals surface area contributed by atoms with Gasteiger partial charge >= 0.3 is 0 Å². The van der Waals surface area contributed by atoms with Gasteiger partial charge in [0.2, 0.25) is 0 Å². The van der Waals surface area contributed by atoms with Gasteiger partial charge in [-0.15, -0.1) is 0 Å². The lowest BCUT2D eigenvalue weighted by molar-refractivity contribution is -0.384. The van der Waals surface area contributed by atoms with Crippen LogP contribution in [0.25, 0.3) is 0 Å². The van der Waals surface area contributed by atoms with Gasteiger partial charge in [0.1, 0.15) is 5.82 Å². The van der Waals surface area contributed by atoms with Crippen LogP contribution in [0.4, 0.5) is 15.8 Å². The SMILES string of the molecule is O=C(C[C@]1(O)C(=O)N(Cc2ccccc2F)c2ccccc21)c1cccc([N+](=O)[O-])c1. The number of amides is 1. The third kappa shape index (κ3) is 3.57. The molecule has 3 aromatic carbocycles. The van der Waals surface area contributed by atoms with Crippen LogP contribution in [0.3, 0.4) is 0 Å². The Labute approximate surface area is 176 Å². The smallest absolute Gasteiger partial charge is 0.270 e. The molecule has 1 heterocycles. The van der Waals surface area contributed by atoms with Crippen molar-refractivity contribution in [3.8, 4) is 0 Å². The average Bonchev–Trinajstić information content (AvgIpc) is 2.97. The minimum Gasteiger partial charge on any atom is -0.375 e. The fourth-order valence-corrected chi connectivity index (χ4v) is 3.76. The number of nitrogens with zero attached hydrogens (tertiary/aromatic N) is 2. The van der Waals surface area contributed by atoms with E-state index in [4.69, 9.17) is 0 Å². The molecule has 0 saturated heterocycles. The summed E-state index contributed by atoms with van der Waals surface area (Å²) in [6.45, 7) is -0.115. The Morgan fingerprint density at radius 2 is 1.77 bits per heavy atom. The molecule has 0 saturated carbocycles. The number of benzene rings is 3. The first kappa shape index (κ1) is 20.4. The molecule has 0 spiro atoms. The van der Waals surface area contributed by atoms with Crippen molar-refractivity contribution in [2.75, 3.05) is 4.90 Å². The van der Waals surface area contributed by atoms with Crippen molar-refractivity contribution in [3.05, 3.63) is 105 Å². The highest BCUT2D eigenvalue weighted by atomic mass is 19.1. The Hall–Kier alpha value is -3.91. The van der Waals surface area contributed by atoms with Crippen LogP contribution in [0.1, 0.15) is 27.9 Å². The molecule has 1 atom stereocenters. The van der Waals surface area contributed by atoms with Crippen molar-refractivity contribution < 1.29 is 24.0 Å². The standard InChI is InChI=1S/C23H17FN2O5/c24-19-10-3-1-6-16(19)14-25-20-11-4-2-9-18(20)23(29,22(25)28)13-21(27)15-7-5-8-17(12-15)26(30)31/h1-12,29H,13-14H2/t23-/m1/s1. The summed E-state index contributed by atoms with van der Waals surface area (Å²) in [5.41, 5.74) is -1.54. The molecule has 0 radical (unpaired) electrons. The van der Waals surface area contributed by atoms with Crippen LogP contribution in [0.2, 0.25) is 0 Å². The van der Waals surface area contributed by atoms with Gasteiger partial charge in [-0.2, -0.15) is 0 Å². The maximum absolute atomic E-state index is 14.2. The molecule has 0 bridgehead atoms. The van der Waals surface area contributed by atoms with Crippen molar-refractivity contribution in [3.63, 3.8) is 0 Å². The average molecular weight is 420 g/mol. The van der Waals surface area contributed by atoms with Crippen LogP contribution in [0.5, 0.6) is 0 Å². The minimum absolute atomic E-state index is 0.0143. The highest BCUT2D eigenvalue weighted by Crippen LogP contribution is 2.43. The number of nitro groups is 1. The number of fused-ring (bicyclic) bond motifs is 1. The summed E-state index contributed by atoms with van der Waals surface area (Å²) >= 11 is 0. The second kappa shape index (κ2) is 7.73. The molecule has 0 fully saturated rings. The monoisotopic (exact) mass is 420 g/mol. The molecule has 0 aliphatic carbocycles. The first-order valence-corrected chi connectivity index (χ1v) is 9.46. The van der Waals surface area contributed by atoms with Crippen LogP contribution >= 0.6 is 0 Å². The van der Waals surface area contributed by atoms with Crippen molar-refractivity contribution in [1.29, 1.82) is 0 Å². The van der Waals surface area contributed by atoms with Crippen molar-refractivity contribution in [2.45, 2.75) is 18.6 Å². The predicted octanol–water partition coefficient (Wildman–Crippen LogP) is 3.74. The lowest BCUT2D eigenvalue weighted by Gasteiger charge is -2.23. The van der Waals surface area contributed by atoms with Gasteiger partial charge in [0.05, 0.1) is 23.6 Å². The summed E-state index contributed by atoms with van der Waals surface area (Å²) in [6, 6.07) is 17.6.